The van der Waals surface area contributed by atoms with Gasteiger partial charge in [-0.2, -0.15) is 0 Å². The molecule has 0 aliphatic rings. The maximum Gasteiger partial charge on any atom is 0.256 e. The van der Waals surface area contributed by atoms with Crippen molar-refractivity contribution in [2.75, 3.05) is 19.4 Å². The molecule has 4 nitrogen and oxygen atoms in total. The third-order valence-electron chi connectivity index (χ3n) is 2.99. The molecule has 2 aromatic carbocycles. The van der Waals surface area contributed by atoms with E-state index in [-0.39, 0.29) is 11.8 Å². The molecule has 0 radical (unpaired) electrons. The number of anilines is 1. The Morgan fingerprint density at radius 1 is 1.14 bits per heavy atom. The molecule has 0 unspecified atom stereocenters. The summed E-state index contributed by atoms with van der Waals surface area (Å²) < 4.78 is 0.684. The van der Waals surface area contributed by atoms with Crippen LogP contribution in [0.3, 0.4) is 0 Å². The lowest BCUT2D eigenvalue weighted by molar-refractivity contribution is 0.0827. The summed E-state index contributed by atoms with van der Waals surface area (Å²) in [6.45, 7) is 0. The third-order valence-corrected chi connectivity index (χ3v) is 4.01. The smallest absolute Gasteiger partial charge is 0.256 e. The van der Waals surface area contributed by atoms with E-state index in [2.05, 4.69) is 21.2 Å². The summed E-state index contributed by atoms with van der Waals surface area (Å²) >= 11 is 9.43. The summed E-state index contributed by atoms with van der Waals surface area (Å²) in [7, 11) is 3.33. The molecule has 0 saturated carbocycles. The molecule has 0 saturated heterocycles. The molecule has 6 heteroatoms. The van der Waals surface area contributed by atoms with Gasteiger partial charge in [-0.25, -0.2) is 0 Å². The fourth-order valence-electron chi connectivity index (χ4n) is 1.85. The van der Waals surface area contributed by atoms with E-state index in [0.29, 0.717) is 26.3 Å². The number of nitrogens with one attached hydrogen (secondary N) is 1. The Hall–Kier alpha value is -1.85. The third kappa shape index (κ3) is 3.67. The molecular weight excluding hydrogens is 368 g/mol. The minimum Gasteiger partial charge on any atom is -0.345 e. The van der Waals surface area contributed by atoms with Gasteiger partial charge in [-0.1, -0.05) is 23.7 Å². The van der Waals surface area contributed by atoms with Gasteiger partial charge < -0.3 is 10.2 Å². The minimum atomic E-state index is -0.302. The molecular formula is C16H14BrClN2O2. The van der Waals surface area contributed by atoms with Crippen LogP contribution in [0.5, 0.6) is 0 Å². The maximum absolute atomic E-state index is 12.3. The molecule has 0 aliphatic carbocycles. The van der Waals surface area contributed by atoms with Gasteiger partial charge in [0.15, 0.2) is 0 Å². The predicted molar refractivity (Wildman–Crippen MR) is 91.6 cm³/mol. The first-order valence-corrected chi connectivity index (χ1v) is 7.64. The highest BCUT2D eigenvalue weighted by molar-refractivity contribution is 9.10. The highest BCUT2D eigenvalue weighted by Crippen LogP contribution is 2.25. The van der Waals surface area contributed by atoms with Gasteiger partial charge in [0.1, 0.15) is 0 Å². The molecule has 0 aliphatic heterocycles. The predicted octanol–water partition coefficient (Wildman–Crippen LogP) is 4.06. The average molecular weight is 382 g/mol. The van der Waals surface area contributed by atoms with E-state index in [0.717, 1.165) is 0 Å². The number of benzene rings is 2. The lowest BCUT2D eigenvalue weighted by Gasteiger charge is -2.13. The van der Waals surface area contributed by atoms with Gasteiger partial charge in [-0.05, 0) is 46.3 Å². The molecule has 0 atom stereocenters. The molecule has 1 N–H and O–H groups in total. The Labute approximate surface area is 142 Å². The topological polar surface area (TPSA) is 49.4 Å². The van der Waals surface area contributed by atoms with Crippen molar-refractivity contribution >= 4 is 45.0 Å². The molecule has 22 heavy (non-hydrogen) atoms. The van der Waals surface area contributed by atoms with E-state index in [1.165, 1.54) is 4.90 Å². The molecule has 0 aromatic heterocycles. The second-order valence-corrected chi connectivity index (χ2v) is 6.09. The Bertz CT molecular complexity index is 732. The number of nitrogens with zero attached hydrogens (tertiary/aromatic N) is 1. The van der Waals surface area contributed by atoms with Crippen LogP contribution in [0, 0.1) is 0 Å². The van der Waals surface area contributed by atoms with Gasteiger partial charge in [-0.3, -0.25) is 9.59 Å². The van der Waals surface area contributed by atoms with Crippen molar-refractivity contribution in [2.45, 2.75) is 0 Å². The van der Waals surface area contributed by atoms with Gasteiger partial charge in [0.25, 0.3) is 11.8 Å². The lowest BCUT2D eigenvalue weighted by Crippen LogP contribution is -2.22. The van der Waals surface area contributed by atoms with E-state index < -0.39 is 0 Å². The van der Waals surface area contributed by atoms with E-state index in [1.54, 1.807) is 50.5 Å². The molecule has 2 rings (SSSR count). The van der Waals surface area contributed by atoms with Crippen LogP contribution in [0.25, 0.3) is 0 Å². The SMILES string of the molecule is CN(C)C(=O)c1ccc(Cl)c(NC(=O)c2ccccc2Br)c1. The first-order valence-electron chi connectivity index (χ1n) is 6.47. The number of rotatable bonds is 3. The Morgan fingerprint density at radius 3 is 2.45 bits per heavy atom. The van der Waals surface area contributed by atoms with Gasteiger partial charge in [0.2, 0.25) is 0 Å². The van der Waals surface area contributed by atoms with Gasteiger partial charge in [-0.15, -0.1) is 0 Å². The van der Waals surface area contributed by atoms with Crippen molar-refractivity contribution in [1.29, 1.82) is 0 Å². The van der Waals surface area contributed by atoms with Crippen LogP contribution in [-0.4, -0.2) is 30.8 Å². The van der Waals surface area contributed by atoms with E-state index in [9.17, 15) is 9.59 Å². The van der Waals surface area contributed by atoms with Crippen molar-refractivity contribution in [3.8, 4) is 0 Å². The number of hydrogen-bond donors (Lipinski definition) is 1. The second kappa shape index (κ2) is 6.94. The zero-order valence-corrected chi connectivity index (χ0v) is 14.4. The van der Waals surface area contributed by atoms with Gasteiger partial charge in [0.05, 0.1) is 16.3 Å². The maximum atomic E-state index is 12.3. The molecule has 0 heterocycles. The first kappa shape index (κ1) is 16.5. The summed E-state index contributed by atoms with van der Waals surface area (Å²) in [6.07, 6.45) is 0. The van der Waals surface area contributed by atoms with Crippen molar-refractivity contribution in [3.63, 3.8) is 0 Å². The summed E-state index contributed by atoms with van der Waals surface area (Å²) in [5, 5.41) is 3.10. The van der Waals surface area contributed by atoms with Crippen LogP contribution in [0.4, 0.5) is 5.69 Å². The summed E-state index contributed by atoms with van der Waals surface area (Å²) in [6, 6.07) is 11.9. The number of carbonyl (C=O) groups excluding carboxylic acids is 2. The minimum absolute atomic E-state index is 0.159. The lowest BCUT2D eigenvalue weighted by atomic mass is 10.1. The van der Waals surface area contributed by atoms with E-state index in [4.69, 9.17) is 11.6 Å². The molecule has 2 amide bonds. The largest absolute Gasteiger partial charge is 0.345 e. The van der Waals surface area contributed by atoms with Crippen molar-refractivity contribution in [2.24, 2.45) is 0 Å². The Morgan fingerprint density at radius 2 is 1.82 bits per heavy atom. The molecule has 2 aromatic rings. The highest BCUT2D eigenvalue weighted by Gasteiger charge is 2.14. The molecule has 0 fully saturated rings. The number of amides is 2. The van der Waals surface area contributed by atoms with Crippen LogP contribution in [0.15, 0.2) is 46.9 Å². The summed E-state index contributed by atoms with van der Waals surface area (Å²) in [5.41, 5.74) is 1.34. The first-order chi connectivity index (χ1) is 10.4. The zero-order valence-electron chi connectivity index (χ0n) is 12.1. The standard InChI is InChI=1S/C16H14BrClN2O2/c1-20(2)16(22)10-7-8-13(18)14(9-10)19-15(21)11-5-3-4-6-12(11)17/h3-9H,1-2H3,(H,19,21). The van der Waals surface area contributed by atoms with Gasteiger partial charge in [0, 0.05) is 24.1 Å². The summed E-state index contributed by atoms with van der Waals surface area (Å²) in [4.78, 5) is 25.7. The highest BCUT2D eigenvalue weighted by atomic mass is 79.9. The molecule has 114 valence electrons. The number of halogens is 2. The summed E-state index contributed by atoms with van der Waals surface area (Å²) in [5.74, 6) is -0.461. The fourth-order valence-corrected chi connectivity index (χ4v) is 2.48. The zero-order chi connectivity index (χ0) is 16.3. The van der Waals surface area contributed by atoms with Crippen LogP contribution in [-0.2, 0) is 0 Å². The second-order valence-electron chi connectivity index (χ2n) is 4.83. The number of hydrogen-bond acceptors (Lipinski definition) is 2. The Kier molecular flexibility index (Phi) is 5.21. The molecule has 0 bridgehead atoms. The quantitative estimate of drug-likeness (QED) is 0.872. The van der Waals surface area contributed by atoms with Gasteiger partial charge >= 0.3 is 0 Å². The number of carbonyl (C=O) groups is 2. The normalized spacial score (nSPS) is 10.2. The van der Waals surface area contributed by atoms with E-state index >= 15 is 0 Å². The van der Waals surface area contributed by atoms with Crippen LogP contribution in [0.1, 0.15) is 20.7 Å². The van der Waals surface area contributed by atoms with Crippen molar-refractivity contribution in [1.82, 2.24) is 4.90 Å². The van der Waals surface area contributed by atoms with Crippen molar-refractivity contribution < 1.29 is 9.59 Å². The van der Waals surface area contributed by atoms with Crippen LogP contribution in [0.2, 0.25) is 5.02 Å². The fraction of sp³-hybridized carbons (Fsp3) is 0.125. The van der Waals surface area contributed by atoms with Crippen LogP contribution >= 0.6 is 27.5 Å². The van der Waals surface area contributed by atoms with Crippen molar-refractivity contribution in [3.05, 3.63) is 63.1 Å². The average Bonchev–Trinajstić information content (AvgIpc) is 2.49. The Balaban J connectivity index is 2.30. The van der Waals surface area contributed by atoms with Crippen LogP contribution < -0.4 is 5.32 Å². The van der Waals surface area contributed by atoms with E-state index in [1.807, 2.05) is 6.07 Å². The molecule has 0 spiro atoms. The monoisotopic (exact) mass is 380 g/mol.